The molecular weight excluding hydrogens is 404 g/mol. The Morgan fingerprint density at radius 3 is 2.27 bits per heavy atom. The van der Waals surface area contributed by atoms with Crippen LogP contribution >= 0.6 is 0 Å². The predicted molar refractivity (Wildman–Crippen MR) is 136 cm³/mol. The molecule has 1 aliphatic rings. The quantitative estimate of drug-likeness (QED) is 0.350. The third kappa shape index (κ3) is 3.97. The van der Waals surface area contributed by atoms with Crippen LogP contribution in [0.5, 0.6) is 0 Å². The number of hydrogen-bond donors (Lipinski definition) is 1. The molecule has 1 heterocycles. The first kappa shape index (κ1) is 21.5. The van der Waals surface area contributed by atoms with E-state index < -0.39 is 0 Å². The molecule has 0 spiro atoms. The molecule has 3 heteroatoms. The fraction of sp³-hybridized carbons (Fsp3) is 0.300. The summed E-state index contributed by atoms with van der Waals surface area (Å²) in [6.07, 6.45) is 0.994. The molecule has 0 saturated heterocycles. The van der Waals surface area contributed by atoms with Gasteiger partial charge >= 0.3 is 0 Å². The van der Waals surface area contributed by atoms with Gasteiger partial charge in [-0.2, -0.15) is 0 Å². The molecule has 168 valence electrons. The summed E-state index contributed by atoms with van der Waals surface area (Å²) < 4.78 is 2.47. The second kappa shape index (κ2) is 8.55. The molecular formula is C30H32N2O. The molecule has 3 aromatic carbocycles. The van der Waals surface area contributed by atoms with Crippen molar-refractivity contribution < 1.29 is 4.79 Å². The predicted octanol–water partition coefficient (Wildman–Crippen LogP) is 6.56. The number of carbonyl (C=O) groups excluding carboxylic acids is 1. The Balaban J connectivity index is 1.37. The monoisotopic (exact) mass is 436 g/mol. The number of carbonyl (C=O) groups is 1. The van der Waals surface area contributed by atoms with Crippen molar-refractivity contribution in [1.82, 2.24) is 9.88 Å². The van der Waals surface area contributed by atoms with Crippen molar-refractivity contribution in [2.45, 2.75) is 39.7 Å². The number of nitrogens with one attached hydrogen (secondary N) is 1. The molecule has 2 atom stereocenters. The third-order valence-corrected chi connectivity index (χ3v) is 7.60. The number of hydrogen-bond acceptors (Lipinski definition) is 1. The van der Waals surface area contributed by atoms with Crippen LogP contribution in [-0.2, 0) is 6.54 Å². The summed E-state index contributed by atoms with van der Waals surface area (Å²) in [5.74, 6) is 1.08. The molecule has 0 radical (unpaired) electrons. The molecule has 1 aliphatic carbocycles. The summed E-state index contributed by atoms with van der Waals surface area (Å²) in [6, 6.07) is 29.0. The molecule has 1 aromatic heterocycles. The SMILES string of the molecule is Cc1c([C@@H]2[C@@H](CCNC(=O)c3ccccc3)C2(C)C)c2ccccc2n1Cc1ccccc1. The summed E-state index contributed by atoms with van der Waals surface area (Å²) in [5, 5.41) is 4.50. The lowest BCUT2D eigenvalue weighted by Gasteiger charge is -2.10. The first-order valence-corrected chi connectivity index (χ1v) is 11.9. The van der Waals surface area contributed by atoms with Crippen molar-refractivity contribution in [2.75, 3.05) is 6.54 Å². The van der Waals surface area contributed by atoms with E-state index >= 15 is 0 Å². The van der Waals surface area contributed by atoms with E-state index in [-0.39, 0.29) is 11.3 Å². The van der Waals surface area contributed by atoms with Gasteiger partial charge in [-0.1, -0.05) is 80.6 Å². The van der Waals surface area contributed by atoms with Gasteiger partial charge in [0.2, 0.25) is 0 Å². The molecule has 1 saturated carbocycles. The van der Waals surface area contributed by atoms with Crippen molar-refractivity contribution in [3.63, 3.8) is 0 Å². The zero-order chi connectivity index (χ0) is 23.0. The Bertz CT molecular complexity index is 1270. The van der Waals surface area contributed by atoms with Crippen LogP contribution in [0.1, 0.15) is 53.4 Å². The molecule has 4 aromatic rings. The number of rotatable bonds is 7. The highest BCUT2D eigenvalue weighted by molar-refractivity contribution is 5.94. The van der Waals surface area contributed by atoms with E-state index in [1.165, 1.54) is 27.7 Å². The topological polar surface area (TPSA) is 34.0 Å². The van der Waals surface area contributed by atoms with Crippen LogP contribution in [0.3, 0.4) is 0 Å². The summed E-state index contributed by atoms with van der Waals surface area (Å²) >= 11 is 0. The van der Waals surface area contributed by atoms with E-state index in [1.807, 2.05) is 30.3 Å². The minimum Gasteiger partial charge on any atom is -0.352 e. The number of nitrogens with zero attached hydrogens (tertiary/aromatic N) is 1. The van der Waals surface area contributed by atoms with E-state index in [4.69, 9.17) is 0 Å². The van der Waals surface area contributed by atoms with Crippen molar-refractivity contribution in [1.29, 1.82) is 0 Å². The number of benzene rings is 3. The van der Waals surface area contributed by atoms with Gasteiger partial charge in [0, 0.05) is 35.2 Å². The van der Waals surface area contributed by atoms with Gasteiger partial charge in [0.15, 0.2) is 0 Å². The van der Waals surface area contributed by atoms with Gasteiger partial charge in [-0.25, -0.2) is 0 Å². The third-order valence-electron chi connectivity index (χ3n) is 7.60. The average Bonchev–Trinajstić information content (AvgIpc) is 3.26. The minimum absolute atomic E-state index is 0.0150. The highest BCUT2D eigenvalue weighted by Crippen LogP contribution is 2.67. The standard InChI is InChI=1S/C30H32N2O/c1-21-27(24-16-10-11-17-26(24)32(21)20-22-12-6-4-7-13-22)28-25(30(28,2)3)18-19-31-29(33)23-14-8-5-9-15-23/h4-17,25,28H,18-20H2,1-3H3,(H,31,33)/t25-,28+/m1/s1. The number of para-hydroxylation sites is 1. The average molecular weight is 437 g/mol. The van der Waals surface area contributed by atoms with E-state index in [1.54, 1.807) is 0 Å². The largest absolute Gasteiger partial charge is 0.352 e. The van der Waals surface area contributed by atoms with Crippen molar-refractivity contribution in [3.8, 4) is 0 Å². The Morgan fingerprint density at radius 2 is 1.55 bits per heavy atom. The van der Waals surface area contributed by atoms with Gasteiger partial charge < -0.3 is 9.88 Å². The van der Waals surface area contributed by atoms with Crippen LogP contribution in [0.25, 0.3) is 10.9 Å². The Hall–Kier alpha value is -3.33. The zero-order valence-electron chi connectivity index (χ0n) is 19.7. The maximum absolute atomic E-state index is 12.5. The van der Waals surface area contributed by atoms with Crippen molar-refractivity contribution in [3.05, 3.63) is 107 Å². The van der Waals surface area contributed by atoms with E-state index in [2.05, 4.69) is 85.3 Å². The molecule has 1 amide bonds. The fourth-order valence-electron chi connectivity index (χ4n) is 5.71. The van der Waals surface area contributed by atoms with Gasteiger partial charge in [0.25, 0.3) is 5.91 Å². The van der Waals surface area contributed by atoms with E-state index in [0.29, 0.717) is 18.4 Å². The van der Waals surface area contributed by atoms with Crippen LogP contribution in [0, 0.1) is 18.3 Å². The lowest BCUT2D eigenvalue weighted by Crippen LogP contribution is -2.24. The number of aromatic nitrogens is 1. The van der Waals surface area contributed by atoms with E-state index in [0.717, 1.165) is 18.5 Å². The second-order valence-corrected chi connectivity index (χ2v) is 9.90. The fourth-order valence-corrected chi connectivity index (χ4v) is 5.71. The highest BCUT2D eigenvalue weighted by atomic mass is 16.1. The van der Waals surface area contributed by atoms with Crippen LogP contribution in [0.4, 0.5) is 0 Å². The molecule has 1 N–H and O–H groups in total. The molecule has 0 aliphatic heterocycles. The highest BCUT2D eigenvalue weighted by Gasteiger charge is 2.58. The van der Waals surface area contributed by atoms with Crippen molar-refractivity contribution >= 4 is 16.8 Å². The van der Waals surface area contributed by atoms with Gasteiger partial charge in [0.05, 0.1) is 0 Å². The van der Waals surface area contributed by atoms with Crippen LogP contribution in [-0.4, -0.2) is 17.0 Å². The first-order valence-electron chi connectivity index (χ1n) is 11.9. The molecule has 1 fully saturated rings. The normalized spacial score (nSPS) is 18.9. The maximum atomic E-state index is 12.5. The zero-order valence-corrected chi connectivity index (χ0v) is 19.7. The Kier molecular flexibility index (Phi) is 5.57. The molecule has 5 rings (SSSR count). The van der Waals surface area contributed by atoms with Gasteiger partial charge in [-0.15, -0.1) is 0 Å². The summed E-state index contributed by atoms with van der Waals surface area (Å²) in [4.78, 5) is 12.5. The van der Waals surface area contributed by atoms with E-state index in [9.17, 15) is 4.79 Å². The first-order chi connectivity index (χ1) is 16.0. The number of amides is 1. The smallest absolute Gasteiger partial charge is 0.251 e. The lowest BCUT2D eigenvalue weighted by molar-refractivity contribution is 0.0952. The molecule has 0 bridgehead atoms. The number of fused-ring (bicyclic) bond motifs is 1. The summed E-state index contributed by atoms with van der Waals surface area (Å²) in [7, 11) is 0. The lowest BCUT2D eigenvalue weighted by atomic mass is 10.0. The summed E-state index contributed by atoms with van der Waals surface area (Å²) in [6.45, 7) is 8.63. The van der Waals surface area contributed by atoms with Crippen LogP contribution in [0.2, 0.25) is 0 Å². The van der Waals surface area contributed by atoms with Gasteiger partial charge in [-0.05, 0) is 59.9 Å². The molecule has 33 heavy (non-hydrogen) atoms. The maximum Gasteiger partial charge on any atom is 0.251 e. The van der Waals surface area contributed by atoms with Crippen molar-refractivity contribution in [2.24, 2.45) is 11.3 Å². The Morgan fingerprint density at radius 1 is 0.909 bits per heavy atom. The summed E-state index contributed by atoms with van der Waals surface area (Å²) in [5.41, 5.74) is 6.45. The second-order valence-electron chi connectivity index (χ2n) is 9.90. The Labute approximate surface area is 196 Å². The molecule has 3 nitrogen and oxygen atoms in total. The minimum atomic E-state index is 0.0150. The van der Waals surface area contributed by atoms with Gasteiger partial charge in [0.1, 0.15) is 0 Å². The molecule has 0 unspecified atom stereocenters. The van der Waals surface area contributed by atoms with Crippen LogP contribution < -0.4 is 5.32 Å². The van der Waals surface area contributed by atoms with Crippen LogP contribution in [0.15, 0.2) is 84.9 Å². The van der Waals surface area contributed by atoms with Gasteiger partial charge in [-0.3, -0.25) is 4.79 Å².